The Labute approximate surface area is 187 Å². The third-order valence-electron chi connectivity index (χ3n) is 4.14. The molecule has 0 aliphatic heterocycles. The van der Waals surface area contributed by atoms with Crippen LogP contribution in [0.2, 0.25) is 10.0 Å². The third kappa shape index (κ3) is 4.41. The Kier molecular flexibility index (Phi) is 5.94. The minimum Gasteiger partial charge on any atom is -0.325 e. The number of nitrogens with zero attached hydrogens (tertiary/aromatic N) is 3. The Morgan fingerprint density at radius 2 is 1.97 bits per heavy atom. The maximum Gasteiger partial charge on any atom is 0.269 e. The van der Waals surface area contributed by atoms with Crippen LogP contribution in [0.4, 0.5) is 14.5 Å². The first kappa shape index (κ1) is 21.3. The van der Waals surface area contributed by atoms with Crippen LogP contribution in [0.5, 0.6) is 0 Å². The van der Waals surface area contributed by atoms with Gasteiger partial charge < -0.3 is 5.32 Å². The normalized spacial score (nSPS) is 11.1. The van der Waals surface area contributed by atoms with Gasteiger partial charge in [-0.15, -0.1) is 0 Å². The average Bonchev–Trinajstić information content (AvgIpc) is 3.19. The molecule has 1 amide bonds. The quantitative estimate of drug-likeness (QED) is 0.325. The summed E-state index contributed by atoms with van der Waals surface area (Å²) in [6.07, 6.45) is 1.34. The molecule has 0 bridgehead atoms. The van der Waals surface area contributed by atoms with Crippen molar-refractivity contribution in [3.05, 3.63) is 74.6 Å². The number of nitrogens with one attached hydrogen (secondary N) is 2. The molecule has 0 radical (unpaired) electrons. The second kappa shape index (κ2) is 8.66. The minimum atomic E-state index is -1.08. The molecule has 2 N–H and O–H groups in total. The van der Waals surface area contributed by atoms with Crippen LogP contribution in [-0.4, -0.2) is 31.4 Å². The molecule has 4 aromatic rings. The molecule has 4 rings (SSSR count). The number of benzene rings is 2. The topological polar surface area (TPSA) is 92.7 Å². The average molecular weight is 482 g/mol. The molecule has 12 heteroatoms. The van der Waals surface area contributed by atoms with E-state index in [0.29, 0.717) is 10.7 Å². The van der Waals surface area contributed by atoms with Gasteiger partial charge in [0.05, 0.1) is 22.7 Å². The van der Waals surface area contributed by atoms with Gasteiger partial charge in [-0.25, -0.2) is 13.8 Å². The van der Waals surface area contributed by atoms with Crippen LogP contribution >= 0.6 is 35.0 Å². The first-order valence-corrected chi connectivity index (χ1v) is 10.4. The lowest BCUT2D eigenvalue weighted by Crippen LogP contribution is -2.23. The van der Waals surface area contributed by atoms with Crippen LogP contribution < -0.4 is 10.9 Å². The number of carbonyl (C=O) groups is 1. The summed E-state index contributed by atoms with van der Waals surface area (Å²) in [4.78, 5) is 29.7. The summed E-state index contributed by atoms with van der Waals surface area (Å²) in [6, 6.07) is 7.63. The summed E-state index contributed by atoms with van der Waals surface area (Å²) in [6.45, 7) is 0. The Morgan fingerprint density at radius 3 is 2.71 bits per heavy atom. The van der Waals surface area contributed by atoms with Gasteiger partial charge in [0.1, 0.15) is 5.39 Å². The van der Waals surface area contributed by atoms with Crippen molar-refractivity contribution in [2.75, 3.05) is 11.1 Å². The predicted molar refractivity (Wildman–Crippen MR) is 115 cm³/mol. The summed E-state index contributed by atoms with van der Waals surface area (Å²) in [5.74, 6) is -2.78. The van der Waals surface area contributed by atoms with Crippen molar-refractivity contribution in [1.82, 2.24) is 19.7 Å². The lowest BCUT2D eigenvalue weighted by molar-refractivity contribution is -0.113. The molecule has 0 saturated carbocycles. The molecule has 0 spiro atoms. The summed E-state index contributed by atoms with van der Waals surface area (Å²) >= 11 is 13.2. The first-order valence-electron chi connectivity index (χ1n) is 8.63. The zero-order valence-corrected chi connectivity index (χ0v) is 17.7. The molecule has 0 unspecified atom stereocenters. The number of aromatic nitrogens is 4. The van der Waals surface area contributed by atoms with Crippen LogP contribution in [0.15, 0.2) is 52.5 Å². The van der Waals surface area contributed by atoms with Crippen molar-refractivity contribution < 1.29 is 13.6 Å². The second-order valence-corrected chi connectivity index (χ2v) is 8.01. The highest BCUT2D eigenvalue weighted by Gasteiger charge is 2.18. The Balaban J connectivity index is 1.65. The maximum absolute atomic E-state index is 13.3. The molecule has 2 heterocycles. The zero-order valence-electron chi connectivity index (χ0n) is 15.3. The number of fused-ring (bicyclic) bond motifs is 1. The van der Waals surface area contributed by atoms with Gasteiger partial charge in [0.2, 0.25) is 5.91 Å². The second-order valence-electron chi connectivity index (χ2n) is 6.23. The molecule has 0 fully saturated rings. The maximum atomic E-state index is 13.3. The number of carbonyl (C=O) groups excluding carboxylic acids is 1. The number of halogens is 4. The fraction of sp³-hybridized carbons (Fsp3) is 0.0526. The van der Waals surface area contributed by atoms with Crippen molar-refractivity contribution in [2.45, 2.75) is 5.16 Å². The van der Waals surface area contributed by atoms with Crippen molar-refractivity contribution in [3.8, 4) is 5.69 Å². The summed E-state index contributed by atoms with van der Waals surface area (Å²) in [5.41, 5.74) is 0.233. The minimum absolute atomic E-state index is 0.0969. The van der Waals surface area contributed by atoms with Gasteiger partial charge in [-0.3, -0.25) is 19.3 Å². The standard InChI is InChI=1S/C19H11Cl2F2N5O2S/c20-9-1-4-15(12(21)5-9)28-18(30)11-7-24-27-17(11)26-19(28)31-8-16(29)25-10-2-3-13(22)14(23)6-10/h1-7H,8H2,(H,24,27)(H,25,29). The van der Waals surface area contributed by atoms with Crippen LogP contribution in [0.25, 0.3) is 16.7 Å². The fourth-order valence-electron chi connectivity index (χ4n) is 2.75. The van der Waals surface area contributed by atoms with Gasteiger partial charge in [-0.2, -0.15) is 5.10 Å². The molecule has 0 saturated heterocycles. The van der Waals surface area contributed by atoms with E-state index >= 15 is 0 Å². The van der Waals surface area contributed by atoms with Crippen molar-refractivity contribution in [2.24, 2.45) is 0 Å². The van der Waals surface area contributed by atoms with E-state index in [2.05, 4.69) is 20.5 Å². The van der Waals surface area contributed by atoms with E-state index in [0.717, 1.165) is 23.9 Å². The van der Waals surface area contributed by atoms with E-state index in [1.165, 1.54) is 22.9 Å². The molecular weight excluding hydrogens is 471 g/mol. The molecule has 2 aromatic heterocycles. The van der Waals surface area contributed by atoms with E-state index < -0.39 is 23.1 Å². The van der Waals surface area contributed by atoms with E-state index in [4.69, 9.17) is 23.2 Å². The summed E-state index contributed by atoms with van der Waals surface area (Å²) < 4.78 is 27.6. The van der Waals surface area contributed by atoms with Crippen LogP contribution in [0, 0.1) is 11.6 Å². The van der Waals surface area contributed by atoms with Crippen LogP contribution in [0.3, 0.4) is 0 Å². The Morgan fingerprint density at radius 1 is 1.16 bits per heavy atom. The van der Waals surface area contributed by atoms with Gasteiger partial charge in [-0.1, -0.05) is 35.0 Å². The van der Waals surface area contributed by atoms with Crippen LogP contribution in [0.1, 0.15) is 0 Å². The Hall–Kier alpha value is -2.95. The SMILES string of the molecule is O=C(CSc1nc2[nH]ncc2c(=O)n1-c1ccc(Cl)cc1Cl)Nc1ccc(F)c(F)c1. The van der Waals surface area contributed by atoms with E-state index in [-0.39, 0.29) is 32.7 Å². The number of anilines is 1. The largest absolute Gasteiger partial charge is 0.325 e. The number of amides is 1. The molecule has 7 nitrogen and oxygen atoms in total. The van der Waals surface area contributed by atoms with E-state index in [1.807, 2.05) is 0 Å². The van der Waals surface area contributed by atoms with E-state index in [1.54, 1.807) is 12.1 Å². The fourth-order valence-corrected chi connectivity index (χ4v) is 4.04. The smallest absolute Gasteiger partial charge is 0.269 e. The number of hydrogen-bond acceptors (Lipinski definition) is 5. The number of aromatic amines is 1. The lowest BCUT2D eigenvalue weighted by atomic mass is 10.3. The van der Waals surface area contributed by atoms with Gasteiger partial charge in [0.25, 0.3) is 5.56 Å². The molecule has 31 heavy (non-hydrogen) atoms. The molecule has 2 aromatic carbocycles. The van der Waals surface area contributed by atoms with Crippen molar-refractivity contribution >= 4 is 57.6 Å². The van der Waals surface area contributed by atoms with Gasteiger partial charge >= 0.3 is 0 Å². The molecule has 158 valence electrons. The molecule has 0 aliphatic carbocycles. The highest BCUT2D eigenvalue weighted by Crippen LogP contribution is 2.28. The van der Waals surface area contributed by atoms with Gasteiger partial charge in [0, 0.05) is 16.8 Å². The third-order valence-corrected chi connectivity index (χ3v) is 5.61. The monoisotopic (exact) mass is 481 g/mol. The summed E-state index contributed by atoms with van der Waals surface area (Å²) in [5, 5.41) is 9.93. The van der Waals surface area contributed by atoms with Crippen molar-refractivity contribution in [3.63, 3.8) is 0 Å². The summed E-state index contributed by atoms with van der Waals surface area (Å²) in [7, 11) is 0. The lowest BCUT2D eigenvalue weighted by Gasteiger charge is -2.13. The molecular formula is C19H11Cl2F2N5O2S. The van der Waals surface area contributed by atoms with Gasteiger partial charge in [0.15, 0.2) is 22.4 Å². The Bertz CT molecular complexity index is 1380. The van der Waals surface area contributed by atoms with Gasteiger partial charge in [-0.05, 0) is 30.3 Å². The first-order chi connectivity index (χ1) is 14.8. The highest BCUT2D eigenvalue weighted by molar-refractivity contribution is 7.99. The highest BCUT2D eigenvalue weighted by atomic mass is 35.5. The predicted octanol–water partition coefficient (Wildman–Crippen LogP) is 4.42. The number of hydrogen-bond donors (Lipinski definition) is 2. The van der Waals surface area contributed by atoms with Crippen molar-refractivity contribution in [1.29, 1.82) is 0 Å². The number of rotatable bonds is 5. The molecule has 0 aliphatic rings. The molecule has 0 atom stereocenters. The number of H-pyrrole nitrogens is 1. The van der Waals surface area contributed by atoms with Crippen LogP contribution in [-0.2, 0) is 4.79 Å². The number of thioether (sulfide) groups is 1. The zero-order chi connectivity index (χ0) is 22.1. The van der Waals surface area contributed by atoms with E-state index in [9.17, 15) is 18.4 Å².